The number of anilines is 1. The zero-order valence-electron chi connectivity index (χ0n) is 15.1. The number of nitrogens with zero attached hydrogens (tertiary/aromatic N) is 4. The number of halogens is 1. The molecule has 0 radical (unpaired) electrons. The van der Waals surface area contributed by atoms with Gasteiger partial charge in [0.05, 0.1) is 5.69 Å². The van der Waals surface area contributed by atoms with Crippen LogP contribution in [0.5, 0.6) is 0 Å². The summed E-state index contributed by atoms with van der Waals surface area (Å²) in [5.41, 5.74) is 2.39. The third kappa shape index (κ3) is 4.49. The molecule has 0 spiro atoms. The van der Waals surface area contributed by atoms with Crippen LogP contribution in [0, 0.1) is 12.7 Å². The fourth-order valence-electron chi connectivity index (χ4n) is 2.56. The van der Waals surface area contributed by atoms with Gasteiger partial charge in [-0.25, -0.2) is 9.37 Å². The van der Waals surface area contributed by atoms with Gasteiger partial charge in [-0.05, 0) is 42.8 Å². The summed E-state index contributed by atoms with van der Waals surface area (Å²) in [6.07, 6.45) is 1.75. The molecule has 10 heteroatoms. The molecule has 1 aromatic carbocycles. The summed E-state index contributed by atoms with van der Waals surface area (Å²) in [5.74, 6) is -0.356. The van der Waals surface area contributed by atoms with Gasteiger partial charge in [-0.3, -0.25) is 19.3 Å². The van der Waals surface area contributed by atoms with Gasteiger partial charge >= 0.3 is 0 Å². The first-order valence-electron chi connectivity index (χ1n) is 8.50. The highest BCUT2D eigenvalue weighted by Crippen LogP contribution is 2.28. The molecule has 0 aliphatic rings. The van der Waals surface area contributed by atoms with E-state index in [0.29, 0.717) is 32.1 Å². The Morgan fingerprint density at radius 2 is 2.00 bits per heavy atom. The van der Waals surface area contributed by atoms with E-state index in [4.69, 9.17) is 0 Å². The minimum absolute atomic E-state index is 0.140. The van der Waals surface area contributed by atoms with Crippen LogP contribution in [0.4, 0.5) is 9.52 Å². The molecule has 3 aromatic heterocycles. The van der Waals surface area contributed by atoms with Crippen LogP contribution in [0.1, 0.15) is 21.6 Å². The first-order chi connectivity index (χ1) is 14.0. The second-order valence-electron chi connectivity index (χ2n) is 6.14. The van der Waals surface area contributed by atoms with E-state index in [-0.39, 0.29) is 5.56 Å². The smallest absolute Gasteiger partial charge is 0.258 e. The van der Waals surface area contributed by atoms with Crippen LogP contribution in [0.15, 0.2) is 57.8 Å². The van der Waals surface area contributed by atoms with E-state index < -0.39 is 11.7 Å². The molecule has 0 saturated carbocycles. The molecule has 3 heterocycles. The lowest BCUT2D eigenvalue weighted by atomic mass is 10.2. The minimum atomic E-state index is -0.409. The predicted molar refractivity (Wildman–Crippen MR) is 110 cm³/mol. The topological polar surface area (TPSA) is 89.2 Å². The summed E-state index contributed by atoms with van der Waals surface area (Å²) >= 11 is 2.58. The second kappa shape index (κ2) is 8.10. The lowest BCUT2D eigenvalue weighted by molar-refractivity contribution is 0.102. The van der Waals surface area contributed by atoms with E-state index in [1.165, 1.54) is 57.8 Å². The van der Waals surface area contributed by atoms with Crippen molar-refractivity contribution in [1.82, 2.24) is 19.6 Å². The van der Waals surface area contributed by atoms with Crippen molar-refractivity contribution < 1.29 is 9.18 Å². The summed E-state index contributed by atoms with van der Waals surface area (Å²) in [6.45, 7) is 1.91. The summed E-state index contributed by atoms with van der Waals surface area (Å²) < 4.78 is 15.1. The van der Waals surface area contributed by atoms with Crippen molar-refractivity contribution in [1.29, 1.82) is 0 Å². The summed E-state index contributed by atoms with van der Waals surface area (Å²) in [4.78, 5) is 28.9. The van der Waals surface area contributed by atoms with E-state index in [1.807, 2.05) is 13.0 Å². The number of thioether (sulfide) groups is 1. The average molecular weight is 427 g/mol. The molecule has 29 heavy (non-hydrogen) atoms. The van der Waals surface area contributed by atoms with Crippen LogP contribution in [-0.4, -0.2) is 25.5 Å². The highest BCUT2D eigenvalue weighted by Gasteiger charge is 2.11. The number of amides is 1. The van der Waals surface area contributed by atoms with Gasteiger partial charge in [-0.2, -0.15) is 0 Å². The van der Waals surface area contributed by atoms with Crippen LogP contribution in [-0.2, 0) is 5.75 Å². The molecule has 1 N–H and O–H groups in total. The summed E-state index contributed by atoms with van der Waals surface area (Å²) in [7, 11) is 0. The largest absolute Gasteiger partial charge is 0.296 e. The number of carbonyl (C=O) groups is 1. The normalized spacial score (nSPS) is 11.0. The van der Waals surface area contributed by atoms with E-state index in [2.05, 4.69) is 20.5 Å². The van der Waals surface area contributed by atoms with Crippen LogP contribution >= 0.6 is 23.1 Å². The van der Waals surface area contributed by atoms with E-state index in [0.717, 1.165) is 5.56 Å². The van der Waals surface area contributed by atoms with Gasteiger partial charge in [0, 0.05) is 23.6 Å². The highest BCUT2D eigenvalue weighted by molar-refractivity contribution is 8.00. The molecule has 0 aliphatic carbocycles. The first kappa shape index (κ1) is 19.2. The number of nitrogens with one attached hydrogen (secondary N) is 1. The zero-order valence-corrected chi connectivity index (χ0v) is 16.8. The SMILES string of the molecule is Cc1ccc2nc(CSc3nnc(NC(=O)c4ccc(F)cc4)s3)cc(=O)n2c1. The van der Waals surface area contributed by atoms with Gasteiger partial charge in [-0.15, -0.1) is 10.2 Å². The average Bonchev–Trinajstić information content (AvgIpc) is 3.15. The lowest BCUT2D eigenvalue weighted by Gasteiger charge is -2.04. The molecule has 0 fully saturated rings. The number of fused-ring (bicyclic) bond motifs is 1. The maximum Gasteiger partial charge on any atom is 0.258 e. The molecule has 0 unspecified atom stereocenters. The predicted octanol–water partition coefficient (Wildman–Crippen LogP) is 3.54. The number of pyridine rings is 1. The standard InChI is InChI=1S/C19H14FN5O2S2/c1-11-2-7-15-21-14(8-16(26)25(15)9-11)10-28-19-24-23-18(29-19)22-17(27)12-3-5-13(20)6-4-12/h2-9H,10H2,1H3,(H,22,23,27). The summed E-state index contributed by atoms with van der Waals surface area (Å²) in [5, 5.41) is 11.0. The van der Waals surface area contributed by atoms with Gasteiger partial charge < -0.3 is 0 Å². The van der Waals surface area contributed by atoms with Gasteiger partial charge in [-0.1, -0.05) is 29.2 Å². The second-order valence-corrected chi connectivity index (χ2v) is 8.34. The molecule has 4 aromatic rings. The van der Waals surface area contributed by atoms with Gasteiger partial charge in [0.25, 0.3) is 11.5 Å². The molecular formula is C19H14FN5O2S2. The van der Waals surface area contributed by atoms with Crippen LogP contribution in [0.25, 0.3) is 5.65 Å². The molecule has 7 nitrogen and oxygen atoms in total. The first-order valence-corrected chi connectivity index (χ1v) is 10.3. The number of aryl methyl sites for hydroxylation is 1. The van der Waals surface area contributed by atoms with Crippen molar-refractivity contribution in [2.24, 2.45) is 0 Å². The van der Waals surface area contributed by atoms with Gasteiger partial charge in [0.1, 0.15) is 11.5 Å². The van der Waals surface area contributed by atoms with E-state index >= 15 is 0 Å². The molecule has 0 atom stereocenters. The third-order valence-electron chi connectivity index (χ3n) is 3.94. The lowest BCUT2D eigenvalue weighted by Crippen LogP contribution is -2.15. The Bertz CT molecular complexity index is 1250. The molecule has 146 valence electrons. The third-order valence-corrected chi connectivity index (χ3v) is 5.94. The minimum Gasteiger partial charge on any atom is -0.296 e. The number of carbonyl (C=O) groups excluding carboxylic acids is 1. The molecular weight excluding hydrogens is 413 g/mol. The number of hydrogen-bond donors (Lipinski definition) is 1. The Balaban J connectivity index is 1.42. The molecule has 0 aliphatic heterocycles. The maximum atomic E-state index is 13.0. The van der Waals surface area contributed by atoms with Crippen molar-refractivity contribution in [2.45, 2.75) is 17.0 Å². The fraction of sp³-hybridized carbons (Fsp3) is 0.105. The quantitative estimate of drug-likeness (QED) is 0.387. The Kier molecular flexibility index (Phi) is 5.36. The van der Waals surface area contributed by atoms with Crippen LogP contribution in [0.3, 0.4) is 0 Å². The fourth-order valence-corrected chi connectivity index (χ4v) is 4.20. The Morgan fingerprint density at radius 1 is 1.21 bits per heavy atom. The molecule has 0 saturated heterocycles. The van der Waals surface area contributed by atoms with Gasteiger partial charge in [0.2, 0.25) is 5.13 Å². The monoisotopic (exact) mass is 427 g/mol. The van der Waals surface area contributed by atoms with Crippen molar-refractivity contribution in [3.05, 3.63) is 81.7 Å². The van der Waals surface area contributed by atoms with E-state index in [9.17, 15) is 14.0 Å². The number of hydrogen-bond acceptors (Lipinski definition) is 7. The van der Waals surface area contributed by atoms with Crippen molar-refractivity contribution in [3.8, 4) is 0 Å². The Morgan fingerprint density at radius 3 is 2.79 bits per heavy atom. The molecule has 0 bridgehead atoms. The number of aromatic nitrogens is 4. The van der Waals surface area contributed by atoms with E-state index in [1.54, 1.807) is 12.3 Å². The summed E-state index contributed by atoms with van der Waals surface area (Å²) in [6, 6.07) is 10.4. The van der Waals surface area contributed by atoms with Crippen LogP contribution in [0.2, 0.25) is 0 Å². The maximum absolute atomic E-state index is 13.0. The molecule has 4 rings (SSSR count). The highest BCUT2D eigenvalue weighted by atomic mass is 32.2. The van der Waals surface area contributed by atoms with Crippen LogP contribution < -0.4 is 10.9 Å². The number of benzene rings is 1. The zero-order chi connectivity index (χ0) is 20.4. The number of rotatable bonds is 5. The Hall–Kier alpha value is -3.11. The Labute approximate surface area is 172 Å². The van der Waals surface area contributed by atoms with Crippen molar-refractivity contribution in [3.63, 3.8) is 0 Å². The van der Waals surface area contributed by atoms with Gasteiger partial charge in [0.15, 0.2) is 4.34 Å². The molecule has 1 amide bonds. The van der Waals surface area contributed by atoms with Crippen molar-refractivity contribution >= 4 is 39.8 Å². The van der Waals surface area contributed by atoms with Crippen molar-refractivity contribution in [2.75, 3.05) is 5.32 Å².